The molecule has 2 atom stereocenters. The molecule has 1 aliphatic rings. The minimum absolute atomic E-state index is 0.199. The van der Waals surface area contributed by atoms with Gasteiger partial charge in [-0.15, -0.1) is 0 Å². The van der Waals surface area contributed by atoms with Crippen LogP contribution in [0, 0.1) is 0 Å². The lowest BCUT2D eigenvalue weighted by molar-refractivity contribution is 0.0938. The van der Waals surface area contributed by atoms with Gasteiger partial charge in [0.15, 0.2) is 0 Å². The van der Waals surface area contributed by atoms with Crippen molar-refractivity contribution in [2.75, 3.05) is 7.05 Å². The van der Waals surface area contributed by atoms with Crippen molar-refractivity contribution in [1.29, 1.82) is 0 Å². The Hall–Kier alpha value is -0.380. The van der Waals surface area contributed by atoms with Crippen LogP contribution in [0.15, 0.2) is 28.7 Å². The highest BCUT2D eigenvalue weighted by Gasteiger charge is 2.31. The van der Waals surface area contributed by atoms with Crippen LogP contribution in [0.4, 0.5) is 0 Å². The van der Waals surface area contributed by atoms with Crippen molar-refractivity contribution in [1.82, 2.24) is 4.90 Å². The van der Waals surface area contributed by atoms with Crippen LogP contribution < -0.4 is 5.73 Å². The fourth-order valence-corrected chi connectivity index (χ4v) is 3.14. The molecule has 0 radical (unpaired) electrons. The molecule has 2 rings (SSSR count). The van der Waals surface area contributed by atoms with Crippen molar-refractivity contribution >= 4 is 15.9 Å². The first-order valence-electron chi connectivity index (χ1n) is 6.86. The van der Waals surface area contributed by atoms with Gasteiger partial charge in [-0.05, 0) is 44.0 Å². The van der Waals surface area contributed by atoms with E-state index in [0.29, 0.717) is 12.1 Å². The highest BCUT2D eigenvalue weighted by molar-refractivity contribution is 9.10. The number of halogens is 1. The van der Waals surface area contributed by atoms with Crippen LogP contribution in [0.2, 0.25) is 0 Å². The zero-order valence-electron chi connectivity index (χ0n) is 11.3. The molecule has 100 valence electrons. The summed E-state index contributed by atoms with van der Waals surface area (Å²) in [7, 11) is 2.23. The largest absolute Gasteiger partial charge is 0.326 e. The Bertz CT molecular complexity index is 390. The third kappa shape index (κ3) is 2.95. The first-order valence-corrected chi connectivity index (χ1v) is 7.65. The Morgan fingerprint density at radius 3 is 2.67 bits per heavy atom. The second-order valence-electron chi connectivity index (χ2n) is 5.32. The van der Waals surface area contributed by atoms with Crippen LogP contribution in [-0.4, -0.2) is 24.0 Å². The highest BCUT2D eigenvalue weighted by Crippen LogP contribution is 2.33. The molecule has 0 heterocycles. The van der Waals surface area contributed by atoms with Crippen molar-refractivity contribution in [3.05, 3.63) is 34.3 Å². The van der Waals surface area contributed by atoms with E-state index in [1.807, 2.05) is 0 Å². The maximum Gasteiger partial charge on any atom is 0.0499 e. The van der Waals surface area contributed by atoms with Gasteiger partial charge in [0.1, 0.15) is 0 Å². The molecule has 2 nitrogen and oxygen atoms in total. The summed E-state index contributed by atoms with van der Waals surface area (Å²) in [6.45, 7) is 2.17. The van der Waals surface area contributed by atoms with Crippen molar-refractivity contribution in [2.45, 2.75) is 50.7 Å². The number of hydrogen-bond donors (Lipinski definition) is 1. The van der Waals surface area contributed by atoms with E-state index in [2.05, 4.69) is 59.1 Å². The summed E-state index contributed by atoms with van der Waals surface area (Å²) in [5, 5.41) is 0. The number of nitrogens with zero attached hydrogens (tertiary/aromatic N) is 1. The molecule has 0 aliphatic heterocycles. The normalized spacial score (nSPS) is 19.6. The van der Waals surface area contributed by atoms with Crippen molar-refractivity contribution in [3.8, 4) is 0 Å². The van der Waals surface area contributed by atoms with Gasteiger partial charge < -0.3 is 5.73 Å². The van der Waals surface area contributed by atoms with E-state index < -0.39 is 0 Å². The molecular formula is C15H23BrN2. The molecule has 3 heteroatoms. The molecule has 1 saturated carbocycles. The van der Waals surface area contributed by atoms with Crippen LogP contribution in [0.5, 0.6) is 0 Å². The lowest BCUT2D eigenvalue weighted by atomic mass is 9.87. The summed E-state index contributed by atoms with van der Waals surface area (Å²) in [6, 6.07) is 9.81. The van der Waals surface area contributed by atoms with Gasteiger partial charge in [0.2, 0.25) is 0 Å². The predicted octanol–water partition coefficient (Wildman–Crippen LogP) is 3.71. The second kappa shape index (κ2) is 6.18. The third-order valence-electron chi connectivity index (χ3n) is 4.16. The maximum atomic E-state index is 6.36. The third-order valence-corrected chi connectivity index (χ3v) is 4.65. The van der Waals surface area contributed by atoms with Crippen molar-refractivity contribution < 1.29 is 0 Å². The van der Waals surface area contributed by atoms with E-state index in [0.717, 1.165) is 10.9 Å². The second-order valence-corrected chi connectivity index (χ2v) is 6.24. The van der Waals surface area contributed by atoms with Gasteiger partial charge in [0.05, 0.1) is 0 Å². The Balaban J connectivity index is 2.23. The molecule has 2 N–H and O–H groups in total. The number of hydrogen-bond acceptors (Lipinski definition) is 2. The van der Waals surface area contributed by atoms with E-state index in [1.165, 1.54) is 24.8 Å². The van der Waals surface area contributed by atoms with E-state index in [4.69, 9.17) is 5.73 Å². The Morgan fingerprint density at radius 2 is 2.17 bits per heavy atom. The quantitative estimate of drug-likeness (QED) is 0.898. The minimum Gasteiger partial charge on any atom is -0.326 e. The highest BCUT2D eigenvalue weighted by atomic mass is 79.9. The Kier molecular flexibility index (Phi) is 4.82. The van der Waals surface area contributed by atoms with Gasteiger partial charge in [-0.3, -0.25) is 4.90 Å². The van der Waals surface area contributed by atoms with Crippen LogP contribution in [-0.2, 0) is 0 Å². The van der Waals surface area contributed by atoms with Crippen LogP contribution in [0.25, 0.3) is 0 Å². The van der Waals surface area contributed by atoms with Crippen LogP contribution in [0.1, 0.15) is 44.2 Å². The average Bonchev–Trinajstić information content (AvgIpc) is 2.26. The molecule has 1 aromatic rings. The first kappa shape index (κ1) is 14.0. The summed E-state index contributed by atoms with van der Waals surface area (Å²) < 4.78 is 1.13. The molecule has 0 bridgehead atoms. The summed E-state index contributed by atoms with van der Waals surface area (Å²) in [4.78, 5) is 2.49. The molecule has 1 aliphatic carbocycles. The lowest BCUT2D eigenvalue weighted by Gasteiger charge is -2.42. The molecule has 1 fully saturated rings. The summed E-state index contributed by atoms with van der Waals surface area (Å²) in [5.74, 6) is 0. The van der Waals surface area contributed by atoms with Crippen molar-refractivity contribution in [2.24, 2.45) is 5.73 Å². The molecule has 1 aromatic carbocycles. The Labute approximate surface area is 119 Å². The van der Waals surface area contributed by atoms with Gasteiger partial charge in [-0.2, -0.15) is 0 Å². The topological polar surface area (TPSA) is 29.3 Å². The SMILES string of the molecule is CCC(N)C(c1cccc(Br)c1)N(C)C1CCC1. The standard InChI is InChI=1S/C15H23BrN2/c1-3-14(17)15(18(2)13-8-5-9-13)11-6-4-7-12(16)10-11/h4,6-7,10,13-15H,3,5,8-9,17H2,1-2H3. The lowest BCUT2D eigenvalue weighted by Crippen LogP contribution is -2.46. The number of rotatable bonds is 5. The van der Waals surface area contributed by atoms with Gasteiger partial charge in [0, 0.05) is 22.6 Å². The molecule has 0 amide bonds. The van der Waals surface area contributed by atoms with E-state index in [9.17, 15) is 0 Å². The predicted molar refractivity (Wildman–Crippen MR) is 80.6 cm³/mol. The zero-order chi connectivity index (χ0) is 13.1. The molecule has 2 unspecified atom stereocenters. The van der Waals surface area contributed by atoms with Crippen LogP contribution >= 0.6 is 15.9 Å². The molecule has 18 heavy (non-hydrogen) atoms. The molecule has 0 aromatic heterocycles. The molecule has 0 saturated heterocycles. The average molecular weight is 311 g/mol. The fraction of sp³-hybridized carbons (Fsp3) is 0.600. The minimum atomic E-state index is 0.199. The summed E-state index contributed by atoms with van der Waals surface area (Å²) in [5.41, 5.74) is 7.69. The van der Waals surface area contributed by atoms with Crippen molar-refractivity contribution in [3.63, 3.8) is 0 Å². The van der Waals surface area contributed by atoms with Gasteiger partial charge in [0.25, 0.3) is 0 Å². The number of nitrogens with two attached hydrogens (primary N) is 1. The molecular weight excluding hydrogens is 288 g/mol. The molecule has 0 spiro atoms. The van der Waals surface area contributed by atoms with Crippen LogP contribution in [0.3, 0.4) is 0 Å². The maximum absolute atomic E-state index is 6.36. The monoisotopic (exact) mass is 310 g/mol. The van der Waals surface area contributed by atoms with Gasteiger partial charge in [-0.1, -0.05) is 41.4 Å². The fourth-order valence-electron chi connectivity index (χ4n) is 2.72. The smallest absolute Gasteiger partial charge is 0.0499 e. The van der Waals surface area contributed by atoms with E-state index >= 15 is 0 Å². The van der Waals surface area contributed by atoms with E-state index in [1.54, 1.807) is 0 Å². The van der Waals surface area contributed by atoms with Gasteiger partial charge >= 0.3 is 0 Å². The summed E-state index contributed by atoms with van der Waals surface area (Å²) in [6.07, 6.45) is 5.00. The number of likely N-dealkylation sites (N-methyl/N-ethyl adjacent to an activating group) is 1. The summed E-state index contributed by atoms with van der Waals surface area (Å²) >= 11 is 3.56. The first-order chi connectivity index (χ1) is 8.63. The Morgan fingerprint density at radius 1 is 1.44 bits per heavy atom. The van der Waals surface area contributed by atoms with Gasteiger partial charge in [-0.25, -0.2) is 0 Å². The number of benzene rings is 1. The van der Waals surface area contributed by atoms with E-state index in [-0.39, 0.29) is 6.04 Å². The zero-order valence-corrected chi connectivity index (χ0v) is 12.9.